The van der Waals surface area contributed by atoms with Gasteiger partial charge in [0, 0.05) is 50.1 Å². The number of hydrogen-bond acceptors (Lipinski definition) is 5. The van der Waals surface area contributed by atoms with Crippen LogP contribution in [0.1, 0.15) is 61.6 Å². The fourth-order valence-corrected chi connectivity index (χ4v) is 6.71. The standard InChI is InChI=1S/C29H36FN5O2/c30-24-6-2-5-22(14-24)25-18-35(27(29(36)37)13-20-3-1-4-20)17-23(25)16-33-10-7-21(8-11-33)26-19-34-12-9-31-15-28(34)32-26/h2,5-6,9,12,14-15,19-21,23,25,27H,1,3-4,7-8,10-11,13,16-18H2,(H,36,37)/t23-,25+,27+/m0/s1. The summed E-state index contributed by atoms with van der Waals surface area (Å²) in [5.74, 6) is 0.457. The predicted octanol–water partition coefficient (Wildman–Crippen LogP) is 4.41. The zero-order valence-electron chi connectivity index (χ0n) is 21.3. The number of carboxylic acid groups (broad SMARTS) is 1. The van der Waals surface area contributed by atoms with Crippen LogP contribution < -0.4 is 0 Å². The maximum atomic E-state index is 14.2. The highest BCUT2D eigenvalue weighted by molar-refractivity contribution is 5.73. The van der Waals surface area contributed by atoms with E-state index in [1.165, 1.54) is 12.5 Å². The van der Waals surface area contributed by atoms with Gasteiger partial charge in [-0.05, 0) is 61.9 Å². The normalized spacial score (nSPS) is 24.9. The van der Waals surface area contributed by atoms with Gasteiger partial charge in [0.2, 0.25) is 0 Å². The van der Waals surface area contributed by atoms with Crippen LogP contribution in [0.4, 0.5) is 4.39 Å². The van der Waals surface area contributed by atoms with Gasteiger partial charge in [0.25, 0.3) is 0 Å². The fourth-order valence-electron chi connectivity index (χ4n) is 6.71. The quantitative estimate of drug-likeness (QED) is 0.489. The third-order valence-electron chi connectivity index (χ3n) is 9.03. The average Bonchev–Trinajstić information content (AvgIpc) is 3.48. The summed E-state index contributed by atoms with van der Waals surface area (Å²) in [6.45, 7) is 4.34. The summed E-state index contributed by atoms with van der Waals surface area (Å²) >= 11 is 0. The highest BCUT2D eigenvalue weighted by Gasteiger charge is 2.41. The summed E-state index contributed by atoms with van der Waals surface area (Å²) in [5, 5.41) is 10.1. The van der Waals surface area contributed by atoms with Gasteiger partial charge < -0.3 is 14.4 Å². The molecule has 1 aliphatic carbocycles. The Morgan fingerprint density at radius 2 is 2.00 bits per heavy atom. The first-order valence-corrected chi connectivity index (χ1v) is 13.8. The maximum absolute atomic E-state index is 14.2. The summed E-state index contributed by atoms with van der Waals surface area (Å²) in [6, 6.07) is 6.48. The van der Waals surface area contributed by atoms with E-state index in [4.69, 9.17) is 4.98 Å². The van der Waals surface area contributed by atoms with Crippen LogP contribution in [0.2, 0.25) is 0 Å². The van der Waals surface area contributed by atoms with Gasteiger partial charge in [0.15, 0.2) is 5.65 Å². The number of benzene rings is 1. The van der Waals surface area contributed by atoms with Gasteiger partial charge in [-0.25, -0.2) is 9.37 Å². The predicted molar refractivity (Wildman–Crippen MR) is 139 cm³/mol. The highest BCUT2D eigenvalue weighted by Crippen LogP contribution is 2.39. The molecule has 3 aliphatic rings. The smallest absolute Gasteiger partial charge is 0.320 e. The molecule has 0 radical (unpaired) electrons. The van der Waals surface area contributed by atoms with Gasteiger partial charge in [0.05, 0.1) is 11.9 Å². The molecule has 37 heavy (non-hydrogen) atoms. The van der Waals surface area contributed by atoms with E-state index in [9.17, 15) is 14.3 Å². The van der Waals surface area contributed by atoms with E-state index in [1.54, 1.807) is 24.5 Å². The second-order valence-electron chi connectivity index (χ2n) is 11.3. The Morgan fingerprint density at radius 1 is 1.16 bits per heavy atom. The molecule has 0 spiro atoms. The van der Waals surface area contributed by atoms with Crippen LogP contribution in [0.3, 0.4) is 0 Å². The summed E-state index contributed by atoms with van der Waals surface area (Å²) in [5.41, 5.74) is 3.02. The van der Waals surface area contributed by atoms with Gasteiger partial charge in [0.1, 0.15) is 11.9 Å². The zero-order chi connectivity index (χ0) is 25.4. The zero-order valence-corrected chi connectivity index (χ0v) is 21.3. The largest absolute Gasteiger partial charge is 0.480 e. The average molecular weight is 506 g/mol. The van der Waals surface area contributed by atoms with E-state index < -0.39 is 12.0 Å². The number of rotatable bonds is 8. The van der Waals surface area contributed by atoms with E-state index in [-0.39, 0.29) is 17.7 Å². The first-order chi connectivity index (χ1) is 18.0. The molecule has 4 heterocycles. The minimum absolute atomic E-state index is 0.141. The molecule has 2 saturated heterocycles. The van der Waals surface area contributed by atoms with Gasteiger partial charge in [-0.15, -0.1) is 0 Å². The number of carboxylic acids is 1. The lowest BCUT2D eigenvalue weighted by atomic mass is 9.80. The van der Waals surface area contributed by atoms with Gasteiger partial charge in [-0.2, -0.15) is 0 Å². The molecule has 0 unspecified atom stereocenters. The molecule has 0 bridgehead atoms. The minimum Gasteiger partial charge on any atom is -0.480 e. The number of nitrogens with zero attached hydrogens (tertiary/aromatic N) is 5. The van der Waals surface area contributed by atoms with Crippen molar-refractivity contribution < 1.29 is 14.3 Å². The fraction of sp³-hybridized carbons (Fsp3) is 0.552. The first kappa shape index (κ1) is 24.5. The highest BCUT2D eigenvalue weighted by atomic mass is 19.1. The lowest BCUT2D eigenvalue weighted by Gasteiger charge is -2.34. The number of halogens is 1. The molecule has 3 atom stereocenters. The molecule has 2 aromatic heterocycles. The van der Waals surface area contributed by atoms with E-state index in [2.05, 4.69) is 21.0 Å². The molecule has 1 aromatic carbocycles. The SMILES string of the molecule is O=C(O)[C@@H](CC1CCC1)N1C[C@H](CN2CCC(c3cn4ccncc4n3)CC2)[C@@H](c2cccc(F)c2)C1. The Labute approximate surface area is 217 Å². The third kappa shape index (κ3) is 5.27. The molecule has 2 aliphatic heterocycles. The van der Waals surface area contributed by atoms with Crippen molar-refractivity contribution in [3.63, 3.8) is 0 Å². The number of fused-ring (bicyclic) bond motifs is 1. The number of aromatic nitrogens is 3. The van der Waals surface area contributed by atoms with Crippen LogP contribution in [0.5, 0.6) is 0 Å². The third-order valence-corrected chi connectivity index (χ3v) is 9.03. The van der Waals surface area contributed by atoms with Crippen molar-refractivity contribution in [2.24, 2.45) is 11.8 Å². The van der Waals surface area contributed by atoms with E-state index >= 15 is 0 Å². The molecule has 3 fully saturated rings. The molecule has 196 valence electrons. The van der Waals surface area contributed by atoms with Crippen LogP contribution in [0.15, 0.2) is 49.1 Å². The molecule has 0 amide bonds. The van der Waals surface area contributed by atoms with Crippen LogP contribution in [0, 0.1) is 17.7 Å². The molecule has 1 N–H and O–H groups in total. The molecular formula is C29H36FN5O2. The topological polar surface area (TPSA) is 74.0 Å². The first-order valence-electron chi connectivity index (χ1n) is 13.8. The van der Waals surface area contributed by atoms with Crippen LogP contribution in [-0.2, 0) is 4.79 Å². The molecule has 3 aromatic rings. The van der Waals surface area contributed by atoms with Crippen molar-refractivity contribution in [1.82, 2.24) is 24.2 Å². The van der Waals surface area contributed by atoms with E-state index in [1.807, 2.05) is 16.7 Å². The van der Waals surface area contributed by atoms with Crippen molar-refractivity contribution in [3.05, 3.63) is 66.1 Å². The molecule has 8 heteroatoms. The van der Waals surface area contributed by atoms with Crippen LogP contribution in [0.25, 0.3) is 5.65 Å². The number of aliphatic carboxylic acids is 1. The Morgan fingerprint density at radius 3 is 2.70 bits per heavy atom. The Bertz CT molecular complexity index is 1200. The number of carbonyl (C=O) groups is 1. The number of piperidine rings is 1. The monoisotopic (exact) mass is 505 g/mol. The summed E-state index contributed by atoms with van der Waals surface area (Å²) in [7, 11) is 0. The van der Waals surface area contributed by atoms with Crippen LogP contribution >= 0.6 is 0 Å². The van der Waals surface area contributed by atoms with E-state index in [0.29, 0.717) is 18.4 Å². The number of likely N-dealkylation sites (tertiary alicyclic amines) is 2. The maximum Gasteiger partial charge on any atom is 0.320 e. The summed E-state index contributed by atoms with van der Waals surface area (Å²) in [6.07, 6.45) is 14.0. The van der Waals surface area contributed by atoms with Gasteiger partial charge in [-0.3, -0.25) is 14.7 Å². The molecule has 6 rings (SSSR count). The van der Waals surface area contributed by atoms with Crippen molar-refractivity contribution in [2.75, 3.05) is 32.7 Å². The second-order valence-corrected chi connectivity index (χ2v) is 11.3. The molecular weight excluding hydrogens is 469 g/mol. The van der Waals surface area contributed by atoms with Crippen molar-refractivity contribution in [1.29, 1.82) is 0 Å². The summed E-state index contributed by atoms with van der Waals surface area (Å²) in [4.78, 5) is 25.9. The van der Waals surface area contributed by atoms with E-state index in [0.717, 1.165) is 75.2 Å². The summed E-state index contributed by atoms with van der Waals surface area (Å²) < 4.78 is 16.2. The minimum atomic E-state index is -0.714. The Balaban J connectivity index is 1.14. The number of imidazole rings is 1. The van der Waals surface area contributed by atoms with Gasteiger partial charge in [-0.1, -0.05) is 31.4 Å². The lowest BCUT2D eigenvalue weighted by Crippen LogP contribution is -2.43. The van der Waals surface area contributed by atoms with Crippen molar-refractivity contribution in [2.45, 2.75) is 56.4 Å². The lowest BCUT2D eigenvalue weighted by molar-refractivity contribution is -0.144. The molecule has 7 nitrogen and oxygen atoms in total. The van der Waals surface area contributed by atoms with Crippen molar-refractivity contribution in [3.8, 4) is 0 Å². The molecule has 1 saturated carbocycles. The Hall–Kier alpha value is -2.84. The Kier molecular flexibility index (Phi) is 6.95. The second kappa shape index (κ2) is 10.5. The van der Waals surface area contributed by atoms with Crippen molar-refractivity contribution >= 4 is 11.6 Å². The number of hydrogen-bond donors (Lipinski definition) is 1. The van der Waals surface area contributed by atoms with Crippen LogP contribution in [-0.4, -0.2) is 74.0 Å². The van der Waals surface area contributed by atoms with Gasteiger partial charge >= 0.3 is 5.97 Å².